The van der Waals surface area contributed by atoms with E-state index >= 15 is 0 Å². The SMILES string of the molecule is CC(C)c1nccnc1CNC(=O)Nc1ccccc1. The van der Waals surface area contributed by atoms with Crippen LogP contribution in [-0.2, 0) is 6.54 Å². The van der Waals surface area contributed by atoms with Crippen molar-refractivity contribution in [3.8, 4) is 0 Å². The fourth-order valence-electron chi connectivity index (χ4n) is 1.86. The van der Waals surface area contributed by atoms with Gasteiger partial charge in [0, 0.05) is 18.1 Å². The lowest BCUT2D eigenvalue weighted by atomic mass is 10.1. The molecule has 0 bridgehead atoms. The van der Waals surface area contributed by atoms with Gasteiger partial charge < -0.3 is 10.6 Å². The summed E-state index contributed by atoms with van der Waals surface area (Å²) in [5.41, 5.74) is 2.46. The summed E-state index contributed by atoms with van der Waals surface area (Å²) in [5.74, 6) is 0.276. The summed E-state index contributed by atoms with van der Waals surface area (Å²) in [6.45, 7) is 4.47. The first kappa shape index (κ1) is 14.0. The van der Waals surface area contributed by atoms with Crippen LogP contribution in [0.3, 0.4) is 0 Å². The number of nitrogens with one attached hydrogen (secondary N) is 2. The molecule has 1 aromatic heterocycles. The van der Waals surface area contributed by atoms with E-state index in [0.29, 0.717) is 6.54 Å². The van der Waals surface area contributed by atoms with Crippen molar-refractivity contribution in [2.75, 3.05) is 5.32 Å². The van der Waals surface area contributed by atoms with Crippen LogP contribution in [0.5, 0.6) is 0 Å². The van der Waals surface area contributed by atoms with Crippen molar-refractivity contribution in [3.05, 3.63) is 54.1 Å². The van der Waals surface area contributed by atoms with E-state index in [9.17, 15) is 4.79 Å². The third-order valence-corrected chi connectivity index (χ3v) is 2.80. The lowest BCUT2D eigenvalue weighted by Crippen LogP contribution is -2.29. The summed E-state index contributed by atoms with van der Waals surface area (Å²) in [5, 5.41) is 5.55. The molecule has 2 aromatic rings. The Kier molecular flexibility index (Phi) is 4.65. The third kappa shape index (κ3) is 3.78. The number of benzene rings is 1. The fraction of sp³-hybridized carbons (Fsp3) is 0.267. The van der Waals surface area contributed by atoms with Gasteiger partial charge >= 0.3 is 6.03 Å². The topological polar surface area (TPSA) is 66.9 Å². The quantitative estimate of drug-likeness (QED) is 0.897. The molecule has 20 heavy (non-hydrogen) atoms. The molecule has 104 valence electrons. The molecule has 0 aliphatic rings. The molecule has 2 amide bonds. The molecule has 1 aromatic carbocycles. The first-order chi connectivity index (χ1) is 9.66. The zero-order chi connectivity index (χ0) is 14.4. The third-order valence-electron chi connectivity index (χ3n) is 2.80. The van der Waals surface area contributed by atoms with Gasteiger partial charge in [-0.2, -0.15) is 0 Å². The number of urea groups is 1. The minimum Gasteiger partial charge on any atom is -0.332 e. The van der Waals surface area contributed by atoms with Crippen molar-refractivity contribution in [2.24, 2.45) is 0 Å². The second-order valence-corrected chi connectivity index (χ2v) is 4.72. The van der Waals surface area contributed by atoms with E-state index in [2.05, 4.69) is 34.4 Å². The van der Waals surface area contributed by atoms with Crippen molar-refractivity contribution in [2.45, 2.75) is 26.3 Å². The minimum atomic E-state index is -0.253. The molecular weight excluding hydrogens is 252 g/mol. The van der Waals surface area contributed by atoms with E-state index < -0.39 is 0 Å². The first-order valence-corrected chi connectivity index (χ1v) is 6.56. The summed E-state index contributed by atoms with van der Waals surface area (Å²) in [4.78, 5) is 20.4. The van der Waals surface area contributed by atoms with Gasteiger partial charge in [0.1, 0.15) is 0 Å². The molecule has 0 unspecified atom stereocenters. The van der Waals surface area contributed by atoms with E-state index in [4.69, 9.17) is 0 Å². The number of carbonyl (C=O) groups excluding carboxylic acids is 1. The van der Waals surface area contributed by atoms with Gasteiger partial charge in [0.05, 0.1) is 17.9 Å². The zero-order valence-electron chi connectivity index (χ0n) is 11.6. The van der Waals surface area contributed by atoms with E-state index in [1.165, 1.54) is 0 Å². The van der Waals surface area contributed by atoms with Gasteiger partial charge in [-0.3, -0.25) is 9.97 Å². The largest absolute Gasteiger partial charge is 0.332 e. The Bertz CT molecular complexity index is 569. The van der Waals surface area contributed by atoms with Crippen LogP contribution < -0.4 is 10.6 Å². The monoisotopic (exact) mass is 270 g/mol. The Morgan fingerprint density at radius 2 is 1.85 bits per heavy atom. The maximum Gasteiger partial charge on any atom is 0.319 e. The van der Waals surface area contributed by atoms with Crippen LogP contribution in [-0.4, -0.2) is 16.0 Å². The van der Waals surface area contributed by atoms with Gasteiger partial charge in [-0.05, 0) is 18.1 Å². The average Bonchev–Trinajstić information content (AvgIpc) is 2.46. The van der Waals surface area contributed by atoms with E-state index in [-0.39, 0.29) is 11.9 Å². The summed E-state index contributed by atoms with van der Waals surface area (Å²) < 4.78 is 0. The van der Waals surface area contributed by atoms with Gasteiger partial charge in [0.25, 0.3) is 0 Å². The number of rotatable bonds is 4. The molecule has 0 atom stereocenters. The number of hydrogen-bond donors (Lipinski definition) is 2. The van der Waals surface area contributed by atoms with E-state index in [0.717, 1.165) is 17.1 Å². The van der Waals surface area contributed by atoms with Crippen molar-refractivity contribution >= 4 is 11.7 Å². The van der Waals surface area contributed by atoms with Gasteiger partial charge in [0.15, 0.2) is 0 Å². The first-order valence-electron chi connectivity index (χ1n) is 6.56. The molecule has 2 N–H and O–H groups in total. The zero-order valence-corrected chi connectivity index (χ0v) is 11.6. The smallest absolute Gasteiger partial charge is 0.319 e. The summed E-state index contributed by atoms with van der Waals surface area (Å²) >= 11 is 0. The standard InChI is InChI=1S/C15H18N4O/c1-11(2)14-13(16-8-9-17-14)10-18-15(20)19-12-6-4-3-5-7-12/h3-9,11H,10H2,1-2H3,(H2,18,19,20). The number of aromatic nitrogens is 2. The van der Waals surface area contributed by atoms with Crippen LogP contribution in [0.25, 0.3) is 0 Å². The van der Waals surface area contributed by atoms with Gasteiger partial charge in [0.2, 0.25) is 0 Å². The minimum absolute atomic E-state index is 0.253. The number of para-hydroxylation sites is 1. The maximum absolute atomic E-state index is 11.8. The summed E-state index contributed by atoms with van der Waals surface area (Å²) in [6.07, 6.45) is 3.31. The van der Waals surface area contributed by atoms with E-state index in [1.807, 2.05) is 30.3 Å². The summed E-state index contributed by atoms with van der Waals surface area (Å²) in [7, 11) is 0. The maximum atomic E-state index is 11.8. The molecule has 5 heteroatoms. The Morgan fingerprint density at radius 1 is 1.15 bits per heavy atom. The fourth-order valence-corrected chi connectivity index (χ4v) is 1.86. The van der Waals surface area contributed by atoms with Gasteiger partial charge in [-0.15, -0.1) is 0 Å². The number of amides is 2. The predicted octanol–water partition coefficient (Wildman–Crippen LogP) is 2.92. The van der Waals surface area contributed by atoms with Crippen molar-refractivity contribution in [3.63, 3.8) is 0 Å². The van der Waals surface area contributed by atoms with E-state index in [1.54, 1.807) is 12.4 Å². The second kappa shape index (κ2) is 6.65. The highest BCUT2D eigenvalue weighted by molar-refractivity contribution is 5.89. The van der Waals surface area contributed by atoms with Crippen LogP contribution in [0.15, 0.2) is 42.7 Å². The predicted molar refractivity (Wildman–Crippen MR) is 78.4 cm³/mol. The molecule has 2 rings (SSSR count). The van der Waals surface area contributed by atoms with Crippen molar-refractivity contribution in [1.82, 2.24) is 15.3 Å². The van der Waals surface area contributed by atoms with Gasteiger partial charge in [-0.25, -0.2) is 4.79 Å². The molecule has 0 radical (unpaired) electrons. The van der Waals surface area contributed by atoms with Crippen LogP contribution >= 0.6 is 0 Å². The number of hydrogen-bond acceptors (Lipinski definition) is 3. The second-order valence-electron chi connectivity index (χ2n) is 4.72. The van der Waals surface area contributed by atoms with Gasteiger partial charge in [-0.1, -0.05) is 32.0 Å². The Labute approximate surface area is 118 Å². The molecular formula is C15H18N4O. The van der Waals surface area contributed by atoms with Crippen LogP contribution in [0.4, 0.5) is 10.5 Å². The lowest BCUT2D eigenvalue weighted by Gasteiger charge is -2.11. The Morgan fingerprint density at radius 3 is 2.55 bits per heavy atom. The molecule has 0 aliphatic heterocycles. The van der Waals surface area contributed by atoms with Crippen LogP contribution in [0.1, 0.15) is 31.2 Å². The molecule has 0 spiro atoms. The van der Waals surface area contributed by atoms with Crippen LogP contribution in [0.2, 0.25) is 0 Å². The van der Waals surface area contributed by atoms with Crippen LogP contribution in [0, 0.1) is 0 Å². The Hall–Kier alpha value is -2.43. The highest BCUT2D eigenvalue weighted by Gasteiger charge is 2.10. The van der Waals surface area contributed by atoms with Crippen molar-refractivity contribution < 1.29 is 4.79 Å². The number of carbonyl (C=O) groups is 1. The lowest BCUT2D eigenvalue weighted by molar-refractivity contribution is 0.251. The average molecular weight is 270 g/mol. The molecule has 0 aliphatic carbocycles. The summed E-state index contributed by atoms with van der Waals surface area (Å²) in [6, 6.07) is 9.06. The highest BCUT2D eigenvalue weighted by atomic mass is 16.2. The highest BCUT2D eigenvalue weighted by Crippen LogP contribution is 2.14. The number of nitrogens with zero attached hydrogens (tertiary/aromatic N) is 2. The number of anilines is 1. The Balaban J connectivity index is 1.94. The molecule has 0 saturated heterocycles. The molecule has 0 fully saturated rings. The molecule has 0 saturated carbocycles. The normalized spacial score (nSPS) is 10.3. The molecule has 1 heterocycles. The van der Waals surface area contributed by atoms with Crippen molar-refractivity contribution in [1.29, 1.82) is 0 Å². The molecule has 5 nitrogen and oxygen atoms in total.